The Hall–Kier alpha value is -4.06. The summed E-state index contributed by atoms with van der Waals surface area (Å²) >= 11 is 0. The second-order valence-corrected chi connectivity index (χ2v) is 12.7. The van der Waals surface area contributed by atoms with E-state index in [1.807, 2.05) is 42.5 Å². The molecule has 1 saturated carbocycles. The van der Waals surface area contributed by atoms with E-state index in [4.69, 9.17) is 14.2 Å². The second-order valence-electron chi connectivity index (χ2n) is 12.7. The molecule has 6 nitrogen and oxygen atoms in total. The molecule has 5 rings (SSSR count). The number of hydrogen-bond donors (Lipinski definition) is 1. The van der Waals surface area contributed by atoms with Gasteiger partial charge in [0.1, 0.15) is 18.1 Å². The number of phenolic OH excluding ortho intramolecular Hbond substituents is 1. The maximum atomic E-state index is 12.0. The van der Waals surface area contributed by atoms with E-state index in [-0.39, 0.29) is 28.5 Å². The SMILES string of the molecule is COC(=O)c1ccc(O)c(C2CCCC2(C)C)c1.COC(=O)c1ccc(OCc2ccccc2)c(C2=CCCC2(C)C)c1. The van der Waals surface area contributed by atoms with Gasteiger partial charge in [-0.15, -0.1) is 0 Å². The Balaban J connectivity index is 0.000000208. The van der Waals surface area contributed by atoms with Gasteiger partial charge in [0.25, 0.3) is 0 Å². The Morgan fingerprint density at radius 3 is 2.09 bits per heavy atom. The molecule has 43 heavy (non-hydrogen) atoms. The Morgan fingerprint density at radius 2 is 1.51 bits per heavy atom. The molecule has 0 aromatic heterocycles. The third-order valence-corrected chi connectivity index (χ3v) is 8.86. The molecule has 3 aromatic rings. The summed E-state index contributed by atoms with van der Waals surface area (Å²) in [6.07, 6.45) is 7.78. The standard InChI is InChI=1S/C22H24O3.C15H20O3/c1-22(2)13-7-10-19(22)18-14-17(21(23)24-3)11-12-20(18)25-15-16-8-5-4-6-9-16;1-15(2)8-4-5-12(15)11-9-10(14(17)18-3)6-7-13(11)16/h4-6,8-12,14H,7,13,15H2,1-3H3;6-7,9,12,16H,4-5,8H2,1-3H3. The van der Waals surface area contributed by atoms with Crippen LogP contribution in [0.4, 0.5) is 0 Å². The number of hydrogen-bond acceptors (Lipinski definition) is 6. The fraction of sp³-hybridized carbons (Fsp3) is 0.405. The third-order valence-electron chi connectivity index (χ3n) is 8.86. The van der Waals surface area contributed by atoms with E-state index in [2.05, 4.69) is 33.8 Å². The second kappa shape index (κ2) is 13.5. The monoisotopic (exact) mass is 584 g/mol. The van der Waals surface area contributed by atoms with Gasteiger partial charge in [-0.3, -0.25) is 0 Å². The molecule has 3 aromatic carbocycles. The number of carbonyl (C=O) groups is 2. The lowest BCUT2D eigenvalue weighted by Crippen LogP contribution is -2.16. The molecule has 1 unspecified atom stereocenters. The van der Waals surface area contributed by atoms with Crippen LogP contribution in [0.5, 0.6) is 11.5 Å². The van der Waals surface area contributed by atoms with Crippen LogP contribution in [0, 0.1) is 10.8 Å². The van der Waals surface area contributed by atoms with Gasteiger partial charge in [0.05, 0.1) is 25.3 Å². The van der Waals surface area contributed by atoms with E-state index < -0.39 is 0 Å². The van der Waals surface area contributed by atoms with Crippen molar-refractivity contribution in [2.45, 2.75) is 72.3 Å². The maximum absolute atomic E-state index is 12.0. The molecular formula is C37H44O6. The summed E-state index contributed by atoms with van der Waals surface area (Å²) in [5.74, 6) is 0.710. The van der Waals surface area contributed by atoms with Crippen molar-refractivity contribution in [2.24, 2.45) is 10.8 Å². The van der Waals surface area contributed by atoms with Crippen LogP contribution in [0.2, 0.25) is 0 Å². The Bertz CT molecular complexity index is 1470. The van der Waals surface area contributed by atoms with Crippen LogP contribution in [0.3, 0.4) is 0 Å². The Morgan fingerprint density at radius 1 is 0.860 bits per heavy atom. The number of methoxy groups -OCH3 is 2. The van der Waals surface area contributed by atoms with Crippen LogP contribution in [-0.2, 0) is 16.1 Å². The van der Waals surface area contributed by atoms with E-state index >= 15 is 0 Å². The van der Waals surface area contributed by atoms with Gasteiger partial charge < -0.3 is 19.3 Å². The van der Waals surface area contributed by atoms with E-state index in [1.54, 1.807) is 24.3 Å². The smallest absolute Gasteiger partial charge is 0.337 e. The van der Waals surface area contributed by atoms with E-state index in [1.165, 1.54) is 26.2 Å². The van der Waals surface area contributed by atoms with Crippen molar-refractivity contribution >= 4 is 17.5 Å². The van der Waals surface area contributed by atoms with E-state index in [0.29, 0.717) is 23.7 Å². The van der Waals surface area contributed by atoms with Gasteiger partial charge in [-0.05, 0) is 95.5 Å². The lowest BCUT2D eigenvalue weighted by molar-refractivity contribution is 0.0591. The van der Waals surface area contributed by atoms with Crippen molar-refractivity contribution in [3.63, 3.8) is 0 Å². The molecule has 1 atom stereocenters. The van der Waals surface area contributed by atoms with Gasteiger partial charge in [-0.2, -0.15) is 0 Å². The molecule has 0 saturated heterocycles. The van der Waals surface area contributed by atoms with Crippen molar-refractivity contribution in [2.75, 3.05) is 14.2 Å². The molecule has 1 N–H and O–H groups in total. The molecule has 1 fully saturated rings. The molecule has 0 amide bonds. The minimum atomic E-state index is -0.355. The van der Waals surface area contributed by atoms with Gasteiger partial charge in [0.15, 0.2) is 0 Å². The van der Waals surface area contributed by atoms with Crippen LogP contribution in [0.25, 0.3) is 5.57 Å². The molecule has 0 heterocycles. The van der Waals surface area contributed by atoms with Crippen LogP contribution in [-0.4, -0.2) is 31.3 Å². The summed E-state index contributed by atoms with van der Waals surface area (Å²) in [6, 6.07) is 20.6. The zero-order valence-electron chi connectivity index (χ0n) is 26.2. The Kier molecular flexibility index (Phi) is 10.0. The molecule has 0 bridgehead atoms. The number of esters is 2. The first-order valence-electron chi connectivity index (χ1n) is 15.0. The van der Waals surface area contributed by atoms with Gasteiger partial charge in [-0.25, -0.2) is 9.59 Å². The Labute approximate surface area is 255 Å². The first kappa shape index (κ1) is 31.9. The first-order valence-corrected chi connectivity index (χ1v) is 15.0. The maximum Gasteiger partial charge on any atom is 0.337 e. The molecular weight excluding hydrogens is 540 g/mol. The summed E-state index contributed by atoms with van der Waals surface area (Å²) in [5.41, 5.74) is 5.51. The average molecular weight is 585 g/mol. The summed E-state index contributed by atoms with van der Waals surface area (Å²) in [5, 5.41) is 10.0. The lowest BCUT2D eigenvalue weighted by Gasteiger charge is -2.28. The van der Waals surface area contributed by atoms with Crippen molar-refractivity contribution in [3.8, 4) is 11.5 Å². The van der Waals surface area contributed by atoms with Crippen LogP contribution >= 0.6 is 0 Å². The topological polar surface area (TPSA) is 82.1 Å². The fourth-order valence-corrected chi connectivity index (χ4v) is 6.29. The molecule has 6 heteroatoms. The summed E-state index contributed by atoms with van der Waals surface area (Å²) in [6.45, 7) is 9.40. The van der Waals surface area contributed by atoms with E-state index in [9.17, 15) is 14.7 Å². The van der Waals surface area contributed by atoms with Gasteiger partial charge in [0.2, 0.25) is 0 Å². The molecule has 0 radical (unpaired) electrons. The summed E-state index contributed by atoms with van der Waals surface area (Å²) in [4.78, 5) is 23.5. The highest BCUT2D eigenvalue weighted by Crippen LogP contribution is 2.51. The van der Waals surface area contributed by atoms with Crippen LogP contribution in [0.15, 0.2) is 72.8 Å². The number of carbonyl (C=O) groups excluding carboxylic acids is 2. The number of allylic oxidation sites excluding steroid dienone is 2. The van der Waals surface area contributed by atoms with Crippen molar-refractivity contribution in [1.82, 2.24) is 0 Å². The molecule has 0 aliphatic heterocycles. The minimum Gasteiger partial charge on any atom is -0.508 e. The molecule has 2 aliphatic carbocycles. The van der Waals surface area contributed by atoms with Crippen LogP contribution < -0.4 is 4.74 Å². The minimum absolute atomic E-state index is 0.0690. The average Bonchev–Trinajstić information content (AvgIpc) is 3.55. The normalized spacial score (nSPS) is 18.2. The third kappa shape index (κ3) is 7.48. The van der Waals surface area contributed by atoms with Crippen LogP contribution in [0.1, 0.15) is 103 Å². The summed E-state index contributed by atoms with van der Waals surface area (Å²) < 4.78 is 15.7. The zero-order chi connectivity index (χ0) is 31.2. The highest BCUT2D eigenvalue weighted by atomic mass is 16.5. The van der Waals surface area contributed by atoms with Gasteiger partial charge in [0, 0.05) is 5.56 Å². The predicted octanol–water partition coefficient (Wildman–Crippen LogP) is 8.73. The first-order chi connectivity index (χ1) is 20.5. The highest BCUT2D eigenvalue weighted by molar-refractivity contribution is 5.92. The largest absolute Gasteiger partial charge is 0.508 e. The highest BCUT2D eigenvalue weighted by Gasteiger charge is 2.37. The quantitative estimate of drug-likeness (QED) is 0.280. The van der Waals surface area contributed by atoms with Gasteiger partial charge >= 0.3 is 11.9 Å². The van der Waals surface area contributed by atoms with Crippen molar-refractivity contribution in [1.29, 1.82) is 0 Å². The fourth-order valence-electron chi connectivity index (χ4n) is 6.29. The number of benzene rings is 3. The van der Waals surface area contributed by atoms with Crippen molar-refractivity contribution < 1.29 is 28.9 Å². The van der Waals surface area contributed by atoms with Crippen molar-refractivity contribution in [3.05, 3.63) is 101 Å². The van der Waals surface area contributed by atoms with E-state index in [0.717, 1.165) is 48.1 Å². The molecule has 228 valence electrons. The predicted molar refractivity (Wildman–Crippen MR) is 169 cm³/mol. The number of phenols is 1. The number of rotatable bonds is 7. The lowest BCUT2D eigenvalue weighted by atomic mass is 9.77. The molecule has 2 aliphatic rings. The number of ether oxygens (including phenoxy) is 3. The summed E-state index contributed by atoms with van der Waals surface area (Å²) in [7, 11) is 2.77. The molecule has 0 spiro atoms. The number of aromatic hydroxyl groups is 1. The zero-order valence-corrected chi connectivity index (χ0v) is 26.2. The van der Waals surface area contributed by atoms with Gasteiger partial charge in [-0.1, -0.05) is 70.5 Å².